The average Bonchev–Trinajstić information content (AvgIpc) is 2.36. The van der Waals surface area contributed by atoms with Gasteiger partial charge in [0, 0.05) is 0 Å². The first kappa shape index (κ1) is 18.0. The molecule has 0 radical (unpaired) electrons. The van der Waals surface area contributed by atoms with Crippen molar-refractivity contribution in [1.82, 2.24) is 10.6 Å². The van der Waals surface area contributed by atoms with Gasteiger partial charge in [-0.2, -0.15) is 0 Å². The van der Waals surface area contributed by atoms with Crippen LogP contribution in [0.4, 0.5) is 0 Å². The van der Waals surface area contributed by atoms with E-state index in [-0.39, 0.29) is 12.2 Å². The predicted molar refractivity (Wildman–Crippen MR) is 68.5 cm³/mol. The molecule has 8 heteroatoms. The maximum atomic E-state index is 11.5. The van der Waals surface area contributed by atoms with Crippen molar-refractivity contribution in [2.75, 3.05) is 13.8 Å². The summed E-state index contributed by atoms with van der Waals surface area (Å²) in [6, 6.07) is -1.44. The minimum absolute atomic E-state index is 0.299. The van der Waals surface area contributed by atoms with Gasteiger partial charge in [-0.05, 0) is 27.8 Å². The molecule has 2 atom stereocenters. The molecule has 0 saturated carbocycles. The van der Waals surface area contributed by atoms with Crippen LogP contribution in [0.3, 0.4) is 0 Å². The number of hydrogen-bond acceptors (Lipinski definition) is 7. The monoisotopic (exact) mass is 288 g/mol. The maximum absolute atomic E-state index is 11.5. The zero-order valence-electron chi connectivity index (χ0n) is 12.0. The lowest BCUT2D eigenvalue weighted by atomic mass is 10.2. The molecule has 2 unspecified atom stereocenters. The van der Waals surface area contributed by atoms with E-state index in [1.165, 1.54) is 13.8 Å². The number of ketones is 1. The van der Waals surface area contributed by atoms with Crippen LogP contribution < -0.4 is 10.6 Å². The molecule has 0 aromatic carbocycles. The molecule has 20 heavy (non-hydrogen) atoms. The first-order valence-electron chi connectivity index (χ1n) is 6.07. The summed E-state index contributed by atoms with van der Waals surface area (Å²) >= 11 is 0. The highest BCUT2D eigenvalue weighted by Crippen LogP contribution is 1.93. The first-order chi connectivity index (χ1) is 9.27. The second-order valence-corrected chi connectivity index (χ2v) is 4.22. The van der Waals surface area contributed by atoms with Crippen LogP contribution in [-0.2, 0) is 28.7 Å². The molecule has 114 valence electrons. The molecule has 0 heterocycles. The lowest BCUT2D eigenvalue weighted by Crippen LogP contribution is -2.40. The Hall–Kier alpha value is -1.96. The second-order valence-electron chi connectivity index (χ2n) is 4.22. The number of Topliss-reactive ketones (excluding diaryl/α,β-unsaturated/α-hetero) is 1. The van der Waals surface area contributed by atoms with E-state index in [9.17, 15) is 19.2 Å². The highest BCUT2D eigenvalue weighted by molar-refractivity contribution is 5.98. The zero-order valence-corrected chi connectivity index (χ0v) is 12.0. The lowest BCUT2D eigenvalue weighted by Gasteiger charge is -2.14. The second kappa shape index (κ2) is 9.03. The summed E-state index contributed by atoms with van der Waals surface area (Å²) in [7, 11) is 1.59. The topological polar surface area (TPSA) is 111 Å². The number of ether oxygens (including phenoxy) is 2. The number of amides is 1. The Balaban J connectivity index is 4.00. The van der Waals surface area contributed by atoms with Gasteiger partial charge in [0.25, 0.3) is 0 Å². The van der Waals surface area contributed by atoms with Gasteiger partial charge in [-0.3, -0.25) is 14.4 Å². The third-order valence-electron chi connectivity index (χ3n) is 2.33. The minimum atomic E-state index is -0.928. The van der Waals surface area contributed by atoms with Crippen molar-refractivity contribution in [3.8, 4) is 0 Å². The molecule has 0 aromatic heterocycles. The fraction of sp³-hybridized carbons (Fsp3) is 0.667. The molecule has 1 amide bonds. The van der Waals surface area contributed by atoms with Crippen LogP contribution in [0.25, 0.3) is 0 Å². The van der Waals surface area contributed by atoms with Crippen molar-refractivity contribution in [3.63, 3.8) is 0 Å². The van der Waals surface area contributed by atoms with Crippen LogP contribution in [0.5, 0.6) is 0 Å². The van der Waals surface area contributed by atoms with E-state index in [0.29, 0.717) is 0 Å². The van der Waals surface area contributed by atoms with Crippen LogP contribution in [-0.4, -0.2) is 49.6 Å². The summed E-state index contributed by atoms with van der Waals surface area (Å²) in [4.78, 5) is 44.6. The van der Waals surface area contributed by atoms with Crippen molar-refractivity contribution >= 4 is 23.6 Å². The van der Waals surface area contributed by atoms with E-state index in [2.05, 4.69) is 20.1 Å². The van der Waals surface area contributed by atoms with E-state index in [1.807, 2.05) is 0 Å². The Morgan fingerprint density at radius 1 is 1.00 bits per heavy atom. The Kier molecular flexibility index (Phi) is 8.14. The highest BCUT2D eigenvalue weighted by atomic mass is 16.7. The minimum Gasteiger partial charge on any atom is -0.427 e. The Bertz CT molecular complexity index is 382. The molecular formula is C12H20N2O6. The Morgan fingerprint density at radius 3 is 1.95 bits per heavy atom. The molecule has 0 fully saturated rings. The lowest BCUT2D eigenvalue weighted by molar-refractivity contribution is -0.170. The van der Waals surface area contributed by atoms with Crippen molar-refractivity contribution < 1.29 is 28.7 Å². The number of rotatable bonds is 8. The van der Waals surface area contributed by atoms with Gasteiger partial charge in [-0.15, -0.1) is 0 Å². The standard InChI is InChI=1S/C12H20N2O6/c1-7(15)5-10(16)14-9(3)12(18)20-6-19-11(17)8(2)13-4/h8-9,13H,5-6H2,1-4H3,(H,14,16). The van der Waals surface area contributed by atoms with Gasteiger partial charge in [0.15, 0.2) is 0 Å². The number of likely N-dealkylation sites (N-methyl/N-ethyl adjacent to an activating group) is 1. The van der Waals surface area contributed by atoms with Crippen molar-refractivity contribution in [1.29, 1.82) is 0 Å². The van der Waals surface area contributed by atoms with Gasteiger partial charge < -0.3 is 20.1 Å². The van der Waals surface area contributed by atoms with Gasteiger partial charge in [0.05, 0.1) is 6.42 Å². The molecule has 0 aromatic rings. The van der Waals surface area contributed by atoms with Gasteiger partial charge in [0.2, 0.25) is 12.7 Å². The van der Waals surface area contributed by atoms with E-state index in [0.717, 1.165) is 0 Å². The number of carbonyl (C=O) groups excluding carboxylic acids is 4. The smallest absolute Gasteiger partial charge is 0.331 e. The van der Waals surface area contributed by atoms with Gasteiger partial charge in [-0.1, -0.05) is 0 Å². The number of nitrogens with one attached hydrogen (secondary N) is 2. The molecule has 0 aliphatic carbocycles. The molecule has 2 N–H and O–H groups in total. The van der Waals surface area contributed by atoms with Gasteiger partial charge >= 0.3 is 11.9 Å². The Labute approximate surface area is 117 Å². The van der Waals surface area contributed by atoms with Crippen molar-refractivity contribution in [2.45, 2.75) is 39.3 Å². The van der Waals surface area contributed by atoms with Gasteiger partial charge in [-0.25, -0.2) is 4.79 Å². The van der Waals surface area contributed by atoms with E-state index < -0.39 is 36.7 Å². The van der Waals surface area contributed by atoms with E-state index >= 15 is 0 Å². The molecule has 0 saturated heterocycles. The van der Waals surface area contributed by atoms with Crippen LogP contribution in [0.15, 0.2) is 0 Å². The van der Waals surface area contributed by atoms with Crippen molar-refractivity contribution in [2.24, 2.45) is 0 Å². The summed E-state index contributed by atoms with van der Waals surface area (Å²) in [5.41, 5.74) is 0. The highest BCUT2D eigenvalue weighted by Gasteiger charge is 2.19. The molecule has 0 rings (SSSR count). The van der Waals surface area contributed by atoms with Crippen LogP contribution >= 0.6 is 0 Å². The number of carbonyl (C=O) groups is 4. The molecule has 0 bridgehead atoms. The van der Waals surface area contributed by atoms with Crippen molar-refractivity contribution in [3.05, 3.63) is 0 Å². The number of hydrogen-bond donors (Lipinski definition) is 2. The van der Waals surface area contributed by atoms with Crippen LogP contribution in [0.2, 0.25) is 0 Å². The molecule has 0 aliphatic rings. The molecule has 8 nitrogen and oxygen atoms in total. The Morgan fingerprint density at radius 2 is 1.50 bits per heavy atom. The maximum Gasteiger partial charge on any atom is 0.331 e. The first-order valence-corrected chi connectivity index (χ1v) is 6.07. The normalized spacial score (nSPS) is 13.0. The summed E-state index contributed by atoms with van der Waals surface area (Å²) in [6.45, 7) is 3.73. The fourth-order valence-corrected chi connectivity index (χ4v) is 1.09. The molecule has 0 spiro atoms. The fourth-order valence-electron chi connectivity index (χ4n) is 1.09. The van der Waals surface area contributed by atoms with Gasteiger partial charge in [0.1, 0.15) is 17.9 Å². The molecule has 0 aliphatic heterocycles. The zero-order chi connectivity index (χ0) is 15.7. The third kappa shape index (κ3) is 7.47. The van der Waals surface area contributed by atoms with Crippen LogP contribution in [0, 0.1) is 0 Å². The quantitative estimate of drug-likeness (QED) is 0.339. The summed E-state index contributed by atoms with van der Waals surface area (Å²) in [5, 5.41) is 4.96. The summed E-state index contributed by atoms with van der Waals surface area (Å²) < 4.78 is 9.34. The largest absolute Gasteiger partial charge is 0.427 e. The van der Waals surface area contributed by atoms with E-state index in [4.69, 9.17) is 0 Å². The summed E-state index contributed by atoms with van der Waals surface area (Å²) in [6.07, 6.45) is -0.299. The average molecular weight is 288 g/mol. The SMILES string of the molecule is CNC(C)C(=O)OCOC(=O)C(C)NC(=O)CC(C)=O. The molecular weight excluding hydrogens is 268 g/mol. The predicted octanol–water partition coefficient (Wildman–Crippen LogP) is -0.878. The third-order valence-corrected chi connectivity index (χ3v) is 2.33. The van der Waals surface area contributed by atoms with Crippen LogP contribution in [0.1, 0.15) is 27.2 Å². The summed E-state index contributed by atoms with van der Waals surface area (Å²) in [5.74, 6) is -2.19. The van der Waals surface area contributed by atoms with E-state index in [1.54, 1.807) is 14.0 Å². The number of esters is 2.